The van der Waals surface area contributed by atoms with Crippen molar-refractivity contribution >= 4 is 21.4 Å². The van der Waals surface area contributed by atoms with E-state index in [0.717, 1.165) is 38.1 Å². The van der Waals surface area contributed by atoms with Gasteiger partial charge in [0.2, 0.25) is 0 Å². The highest BCUT2D eigenvalue weighted by molar-refractivity contribution is 7.19. The van der Waals surface area contributed by atoms with Crippen LogP contribution in [0.3, 0.4) is 0 Å². The van der Waals surface area contributed by atoms with E-state index in [0.29, 0.717) is 5.75 Å². The molecule has 3 rings (SSSR count). The Balaban J connectivity index is 1.83. The van der Waals surface area contributed by atoms with Crippen LogP contribution in [0.4, 0.5) is 0 Å². The number of phenols is 1. The first-order chi connectivity index (χ1) is 8.33. The second-order valence-electron chi connectivity index (χ2n) is 4.43. The first-order valence-electron chi connectivity index (χ1n) is 5.96. The zero-order valence-corrected chi connectivity index (χ0v) is 10.5. The maximum Gasteiger partial charge on any atom is 0.124 e. The number of nitrogens with one attached hydrogen (secondary N) is 1. The normalized spacial score (nSPS) is 17.6. The van der Waals surface area contributed by atoms with Gasteiger partial charge in [-0.05, 0) is 18.2 Å². The van der Waals surface area contributed by atoms with Gasteiger partial charge >= 0.3 is 0 Å². The van der Waals surface area contributed by atoms with Crippen molar-refractivity contribution in [1.29, 1.82) is 0 Å². The van der Waals surface area contributed by atoms with Crippen molar-refractivity contribution in [3.05, 3.63) is 29.1 Å². The maximum atomic E-state index is 9.77. The zero-order valence-electron chi connectivity index (χ0n) is 9.65. The largest absolute Gasteiger partial charge is 0.507 e. The second-order valence-corrected chi connectivity index (χ2v) is 5.60. The Labute approximate surface area is 105 Å². The Kier molecular flexibility index (Phi) is 3.01. The van der Waals surface area contributed by atoms with E-state index in [2.05, 4.69) is 22.3 Å². The lowest BCUT2D eigenvalue weighted by Gasteiger charge is -2.26. The fourth-order valence-corrected chi connectivity index (χ4v) is 3.39. The lowest BCUT2D eigenvalue weighted by atomic mass is 10.2. The second kappa shape index (κ2) is 4.64. The molecule has 2 N–H and O–H groups in total. The van der Waals surface area contributed by atoms with E-state index in [-0.39, 0.29) is 0 Å². The van der Waals surface area contributed by atoms with Gasteiger partial charge in [0.25, 0.3) is 0 Å². The van der Waals surface area contributed by atoms with Crippen molar-refractivity contribution in [3.8, 4) is 5.75 Å². The highest BCUT2D eigenvalue weighted by Gasteiger charge is 2.12. The molecule has 2 aromatic rings. The zero-order chi connectivity index (χ0) is 11.7. The summed E-state index contributed by atoms with van der Waals surface area (Å²) in [6, 6.07) is 7.85. The van der Waals surface area contributed by atoms with Crippen LogP contribution >= 0.6 is 11.3 Å². The molecular weight excluding hydrogens is 232 g/mol. The molecule has 3 nitrogen and oxygen atoms in total. The van der Waals surface area contributed by atoms with Crippen LogP contribution in [-0.2, 0) is 6.54 Å². The van der Waals surface area contributed by atoms with E-state index in [1.165, 1.54) is 9.58 Å². The van der Waals surface area contributed by atoms with Crippen LogP contribution in [0.1, 0.15) is 4.88 Å². The Morgan fingerprint density at radius 1 is 1.29 bits per heavy atom. The van der Waals surface area contributed by atoms with Crippen molar-refractivity contribution in [2.75, 3.05) is 26.2 Å². The summed E-state index contributed by atoms with van der Waals surface area (Å²) in [6.07, 6.45) is 0. The summed E-state index contributed by atoms with van der Waals surface area (Å²) in [5, 5.41) is 14.1. The summed E-state index contributed by atoms with van der Waals surface area (Å²) in [5.74, 6) is 0.394. The van der Waals surface area contributed by atoms with Gasteiger partial charge in [-0.25, -0.2) is 0 Å². The quantitative estimate of drug-likeness (QED) is 0.853. The third-order valence-corrected chi connectivity index (χ3v) is 4.26. The van der Waals surface area contributed by atoms with E-state index >= 15 is 0 Å². The van der Waals surface area contributed by atoms with E-state index in [9.17, 15) is 5.11 Å². The monoisotopic (exact) mass is 248 g/mol. The molecule has 1 fully saturated rings. The molecule has 2 heterocycles. The first-order valence-corrected chi connectivity index (χ1v) is 6.78. The molecule has 1 aromatic heterocycles. The average molecular weight is 248 g/mol. The molecule has 0 bridgehead atoms. The molecule has 0 saturated carbocycles. The van der Waals surface area contributed by atoms with Crippen LogP contribution in [-0.4, -0.2) is 36.2 Å². The average Bonchev–Trinajstić information content (AvgIpc) is 2.74. The molecule has 1 aromatic carbocycles. The van der Waals surface area contributed by atoms with Crippen molar-refractivity contribution in [2.45, 2.75) is 6.54 Å². The SMILES string of the molecule is Oc1cccc2sc(CN3CCNCC3)cc12. The standard InChI is InChI=1S/C13H16N2OS/c16-12-2-1-3-13-11(12)8-10(17-13)9-15-6-4-14-5-7-15/h1-3,8,14,16H,4-7,9H2. The molecule has 17 heavy (non-hydrogen) atoms. The predicted octanol–water partition coefficient (Wildman–Crippen LogP) is 2.01. The summed E-state index contributed by atoms with van der Waals surface area (Å²) in [4.78, 5) is 3.79. The minimum absolute atomic E-state index is 0.394. The lowest BCUT2D eigenvalue weighted by molar-refractivity contribution is 0.235. The van der Waals surface area contributed by atoms with E-state index in [1.807, 2.05) is 6.07 Å². The van der Waals surface area contributed by atoms with Gasteiger partial charge in [0, 0.05) is 47.7 Å². The number of phenolic OH excluding ortho intramolecular Hbond substituents is 1. The highest BCUT2D eigenvalue weighted by Crippen LogP contribution is 2.32. The smallest absolute Gasteiger partial charge is 0.124 e. The van der Waals surface area contributed by atoms with E-state index in [4.69, 9.17) is 0 Å². The number of rotatable bonds is 2. The fourth-order valence-electron chi connectivity index (χ4n) is 2.27. The molecule has 0 atom stereocenters. The highest BCUT2D eigenvalue weighted by atomic mass is 32.1. The van der Waals surface area contributed by atoms with Crippen molar-refractivity contribution in [1.82, 2.24) is 10.2 Å². The molecule has 0 unspecified atom stereocenters. The maximum absolute atomic E-state index is 9.77. The number of nitrogens with zero attached hydrogens (tertiary/aromatic N) is 1. The molecule has 0 radical (unpaired) electrons. The first kappa shape index (κ1) is 11.0. The van der Waals surface area contributed by atoms with Crippen LogP contribution in [0, 0.1) is 0 Å². The van der Waals surface area contributed by atoms with Gasteiger partial charge in [-0.3, -0.25) is 4.90 Å². The molecule has 1 aliphatic rings. The molecule has 0 spiro atoms. The van der Waals surface area contributed by atoms with Crippen LogP contribution < -0.4 is 5.32 Å². The lowest BCUT2D eigenvalue weighted by Crippen LogP contribution is -2.42. The number of hydrogen-bond acceptors (Lipinski definition) is 4. The number of thiophene rings is 1. The topological polar surface area (TPSA) is 35.5 Å². The van der Waals surface area contributed by atoms with Crippen LogP contribution in [0.15, 0.2) is 24.3 Å². The molecule has 1 saturated heterocycles. The third kappa shape index (κ3) is 2.29. The van der Waals surface area contributed by atoms with E-state index < -0.39 is 0 Å². The number of aromatic hydroxyl groups is 1. The van der Waals surface area contributed by atoms with Gasteiger partial charge < -0.3 is 10.4 Å². The van der Waals surface area contributed by atoms with E-state index in [1.54, 1.807) is 17.4 Å². The summed E-state index contributed by atoms with van der Waals surface area (Å²) in [7, 11) is 0. The summed E-state index contributed by atoms with van der Waals surface area (Å²) < 4.78 is 1.18. The molecule has 0 amide bonds. The molecule has 1 aliphatic heterocycles. The summed E-state index contributed by atoms with van der Waals surface area (Å²) in [6.45, 7) is 5.38. The Morgan fingerprint density at radius 3 is 2.88 bits per heavy atom. The predicted molar refractivity (Wildman–Crippen MR) is 71.6 cm³/mol. The van der Waals surface area contributed by atoms with Crippen LogP contribution in [0.2, 0.25) is 0 Å². The third-order valence-electron chi connectivity index (χ3n) is 3.18. The van der Waals surface area contributed by atoms with Crippen LogP contribution in [0.25, 0.3) is 10.1 Å². The van der Waals surface area contributed by atoms with Gasteiger partial charge in [-0.1, -0.05) is 6.07 Å². The number of piperazine rings is 1. The Morgan fingerprint density at radius 2 is 2.12 bits per heavy atom. The van der Waals surface area contributed by atoms with Gasteiger partial charge in [0.15, 0.2) is 0 Å². The molecular formula is C13H16N2OS. The van der Waals surface area contributed by atoms with Crippen molar-refractivity contribution in [3.63, 3.8) is 0 Å². The van der Waals surface area contributed by atoms with Gasteiger partial charge in [0.05, 0.1) is 0 Å². The van der Waals surface area contributed by atoms with Crippen molar-refractivity contribution < 1.29 is 5.11 Å². The molecule has 4 heteroatoms. The Hall–Kier alpha value is -1.10. The number of hydrogen-bond donors (Lipinski definition) is 2. The summed E-state index contributed by atoms with van der Waals surface area (Å²) >= 11 is 1.78. The molecule has 0 aliphatic carbocycles. The van der Waals surface area contributed by atoms with Gasteiger partial charge in [0.1, 0.15) is 5.75 Å². The number of fused-ring (bicyclic) bond motifs is 1. The van der Waals surface area contributed by atoms with Gasteiger partial charge in [-0.15, -0.1) is 11.3 Å². The number of benzene rings is 1. The molecule has 90 valence electrons. The minimum atomic E-state index is 0.394. The van der Waals surface area contributed by atoms with Crippen molar-refractivity contribution in [2.24, 2.45) is 0 Å². The van der Waals surface area contributed by atoms with Crippen LogP contribution in [0.5, 0.6) is 5.75 Å². The summed E-state index contributed by atoms with van der Waals surface area (Å²) in [5.41, 5.74) is 0. The Bertz CT molecular complexity index is 517. The van der Waals surface area contributed by atoms with Gasteiger partial charge in [-0.2, -0.15) is 0 Å². The fraction of sp³-hybridized carbons (Fsp3) is 0.385. The minimum Gasteiger partial charge on any atom is -0.507 e.